The molecule has 0 radical (unpaired) electrons. The van der Waals surface area contributed by atoms with E-state index in [4.69, 9.17) is 11.6 Å². The number of nitrogens with zero attached hydrogens (tertiary/aromatic N) is 2. The zero-order valence-corrected chi connectivity index (χ0v) is 14.5. The summed E-state index contributed by atoms with van der Waals surface area (Å²) in [7, 11) is 0. The molecule has 3 nitrogen and oxygen atoms in total. The van der Waals surface area contributed by atoms with Gasteiger partial charge in [-0.25, -0.2) is 18.7 Å². The maximum atomic E-state index is 12.7. The van der Waals surface area contributed by atoms with Gasteiger partial charge in [-0.1, -0.05) is 32.4 Å². The summed E-state index contributed by atoms with van der Waals surface area (Å²) < 4.78 is 54.7. The van der Waals surface area contributed by atoms with Gasteiger partial charge in [0.1, 0.15) is 18.4 Å². The van der Waals surface area contributed by atoms with Crippen molar-refractivity contribution in [3.8, 4) is 0 Å². The zero-order chi connectivity index (χ0) is 16.4. The molecule has 0 saturated heterocycles. The van der Waals surface area contributed by atoms with Gasteiger partial charge in [0.05, 0.1) is 9.26 Å². The fourth-order valence-electron chi connectivity index (χ4n) is 1.37. The molecule has 1 aromatic heterocycles. The van der Waals surface area contributed by atoms with E-state index in [9.17, 15) is 17.6 Å². The molecule has 0 saturated carbocycles. The van der Waals surface area contributed by atoms with Crippen molar-refractivity contribution in [3.05, 3.63) is 20.2 Å². The number of alkyl halides is 4. The summed E-state index contributed by atoms with van der Waals surface area (Å²) in [5.74, 6) is -4.12. The van der Waals surface area contributed by atoms with E-state index in [1.165, 1.54) is 0 Å². The Labute approximate surface area is 138 Å². The molecule has 0 amide bonds. The Kier molecular flexibility index (Phi) is 6.19. The van der Waals surface area contributed by atoms with Gasteiger partial charge < -0.3 is 4.74 Å². The Morgan fingerprint density at radius 1 is 1.24 bits per heavy atom. The van der Waals surface area contributed by atoms with Gasteiger partial charge in [-0.3, -0.25) is 0 Å². The third-order valence-electron chi connectivity index (χ3n) is 2.41. The fourth-order valence-corrected chi connectivity index (χ4v) is 2.60. The Morgan fingerprint density at radius 2 is 1.81 bits per heavy atom. The second kappa shape index (κ2) is 6.91. The van der Waals surface area contributed by atoms with Crippen molar-refractivity contribution in [2.75, 3.05) is 6.61 Å². The van der Waals surface area contributed by atoms with Crippen molar-refractivity contribution in [2.45, 2.75) is 45.1 Å². The molecule has 0 aliphatic carbocycles. The van der Waals surface area contributed by atoms with E-state index in [-0.39, 0.29) is 16.4 Å². The van der Waals surface area contributed by atoms with Crippen LogP contribution in [0.3, 0.4) is 0 Å². The Balaban J connectivity index is 2.84. The number of hydrogen-bond donors (Lipinski definition) is 0. The predicted octanol–water partition coefficient (Wildman–Crippen LogP) is 4.45. The topological polar surface area (TPSA) is 35.0 Å². The Bertz CT molecular complexity index is 509. The second-order valence-electron chi connectivity index (χ2n) is 5.40. The molecule has 0 aromatic carbocycles. The predicted molar refractivity (Wildman–Crippen MR) is 79.1 cm³/mol. The minimum atomic E-state index is -4.19. The molecular weight excluding hydrogens is 426 g/mol. The lowest BCUT2D eigenvalue weighted by atomic mass is 9.92. The Hall–Kier alpha value is -0.220. The average Bonchev–Trinajstić information content (AvgIpc) is 2.31. The van der Waals surface area contributed by atoms with Crippen molar-refractivity contribution in [1.29, 1.82) is 0 Å². The van der Waals surface area contributed by atoms with Crippen LogP contribution in [0.1, 0.15) is 32.3 Å². The van der Waals surface area contributed by atoms with Gasteiger partial charge in [0.15, 0.2) is 5.82 Å². The minimum Gasteiger partial charge on any atom is -0.367 e. The zero-order valence-electron chi connectivity index (χ0n) is 11.6. The van der Waals surface area contributed by atoms with Gasteiger partial charge in [-0.05, 0) is 22.6 Å². The lowest BCUT2D eigenvalue weighted by Crippen LogP contribution is -2.32. The number of rotatable bonds is 5. The number of aromatic nitrogens is 2. The summed E-state index contributed by atoms with van der Waals surface area (Å²) >= 11 is 7.95. The molecule has 0 unspecified atom stereocenters. The van der Waals surface area contributed by atoms with Gasteiger partial charge in [0, 0.05) is 5.41 Å². The van der Waals surface area contributed by atoms with Crippen LogP contribution in [0, 0.1) is 3.57 Å². The number of ether oxygens (including phenoxy) is 1. The first-order valence-electron chi connectivity index (χ1n) is 5.91. The van der Waals surface area contributed by atoms with E-state index in [1.807, 2.05) is 43.4 Å². The highest BCUT2D eigenvalue weighted by Crippen LogP contribution is 2.29. The molecule has 21 heavy (non-hydrogen) atoms. The fraction of sp³-hybridized carbons (Fsp3) is 0.667. The van der Waals surface area contributed by atoms with Gasteiger partial charge in [0.2, 0.25) is 0 Å². The van der Waals surface area contributed by atoms with Crippen LogP contribution in [0.5, 0.6) is 0 Å². The van der Waals surface area contributed by atoms with Crippen LogP contribution >= 0.6 is 34.2 Å². The van der Waals surface area contributed by atoms with E-state index in [0.29, 0.717) is 9.26 Å². The summed E-state index contributed by atoms with van der Waals surface area (Å²) in [6.45, 7) is 3.90. The molecule has 0 spiro atoms. The van der Waals surface area contributed by atoms with E-state index in [1.54, 1.807) is 0 Å². The normalized spacial score (nSPS) is 13.0. The quantitative estimate of drug-likeness (QED) is 0.386. The average molecular weight is 441 g/mol. The summed E-state index contributed by atoms with van der Waals surface area (Å²) in [5, 5.41) is 0.176. The van der Waals surface area contributed by atoms with Gasteiger partial charge >= 0.3 is 12.3 Å². The molecule has 120 valence electrons. The number of hydrogen-bond acceptors (Lipinski definition) is 3. The first-order valence-corrected chi connectivity index (χ1v) is 7.37. The first-order chi connectivity index (χ1) is 9.45. The highest BCUT2D eigenvalue weighted by molar-refractivity contribution is 14.1. The minimum absolute atomic E-state index is 0.0791. The Morgan fingerprint density at radius 3 is 2.29 bits per heavy atom. The summed E-state index contributed by atoms with van der Waals surface area (Å²) in [5.41, 5.74) is 0.312. The summed E-state index contributed by atoms with van der Waals surface area (Å²) in [6.07, 6.45) is -3.77. The van der Waals surface area contributed by atoms with Gasteiger partial charge in [-0.15, -0.1) is 0 Å². The smallest absolute Gasteiger partial charge is 0.330 e. The van der Waals surface area contributed by atoms with Gasteiger partial charge in [0.25, 0.3) is 0 Å². The molecule has 0 aliphatic heterocycles. The first kappa shape index (κ1) is 18.8. The third kappa shape index (κ3) is 5.17. The van der Waals surface area contributed by atoms with Crippen LogP contribution in [0.25, 0.3) is 0 Å². The van der Waals surface area contributed by atoms with Crippen LogP contribution in [0.15, 0.2) is 0 Å². The lowest BCUT2D eigenvalue weighted by molar-refractivity contribution is -0.168. The molecule has 1 heterocycles. The maximum Gasteiger partial charge on any atom is 0.330 e. The molecule has 0 aliphatic rings. The largest absolute Gasteiger partial charge is 0.367 e. The standard InChI is InChI=1S/C12H14ClF4IN2O/c1-11(2,3)8-7(18)9(13)20-6(19-8)4-21-5-12(16,17)10(14)15/h10H,4-5H2,1-3H3. The van der Waals surface area contributed by atoms with Crippen LogP contribution in [-0.4, -0.2) is 28.9 Å². The molecule has 1 rings (SSSR count). The highest BCUT2D eigenvalue weighted by atomic mass is 127. The number of halogens is 6. The van der Waals surface area contributed by atoms with Crippen molar-refractivity contribution in [3.63, 3.8) is 0 Å². The van der Waals surface area contributed by atoms with Crippen LogP contribution < -0.4 is 0 Å². The van der Waals surface area contributed by atoms with Crippen molar-refractivity contribution in [1.82, 2.24) is 9.97 Å². The molecule has 0 fully saturated rings. The van der Waals surface area contributed by atoms with Crippen molar-refractivity contribution in [2.24, 2.45) is 0 Å². The van der Waals surface area contributed by atoms with Gasteiger partial charge in [-0.2, -0.15) is 8.78 Å². The molecule has 9 heteroatoms. The summed E-state index contributed by atoms with van der Waals surface area (Å²) in [6, 6.07) is 0. The van der Waals surface area contributed by atoms with E-state index in [2.05, 4.69) is 14.7 Å². The van der Waals surface area contributed by atoms with Crippen LogP contribution in [0.4, 0.5) is 17.6 Å². The molecule has 0 atom stereocenters. The maximum absolute atomic E-state index is 12.7. The third-order valence-corrected chi connectivity index (χ3v) is 4.03. The van der Waals surface area contributed by atoms with Crippen molar-refractivity contribution < 1.29 is 22.3 Å². The molecule has 0 bridgehead atoms. The van der Waals surface area contributed by atoms with E-state index in [0.717, 1.165) is 0 Å². The lowest BCUT2D eigenvalue weighted by Gasteiger charge is -2.21. The highest BCUT2D eigenvalue weighted by Gasteiger charge is 2.41. The monoisotopic (exact) mass is 440 g/mol. The molecule has 1 aromatic rings. The summed E-state index contributed by atoms with van der Waals surface area (Å²) in [4.78, 5) is 8.11. The van der Waals surface area contributed by atoms with E-state index < -0.39 is 25.6 Å². The molecular formula is C12H14ClF4IN2O. The van der Waals surface area contributed by atoms with Crippen LogP contribution in [0.2, 0.25) is 5.15 Å². The second-order valence-corrected chi connectivity index (χ2v) is 6.83. The molecule has 0 N–H and O–H groups in total. The van der Waals surface area contributed by atoms with Crippen LogP contribution in [-0.2, 0) is 16.8 Å². The van der Waals surface area contributed by atoms with E-state index >= 15 is 0 Å². The SMILES string of the molecule is CC(C)(C)c1nc(COCC(F)(F)C(F)F)nc(Cl)c1I. The van der Waals surface area contributed by atoms with Crippen molar-refractivity contribution >= 4 is 34.2 Å².